The maximum absolute atomic E-state index is 13.2. The summed E-state index contributed by atoms with van der Waals surface area (Å²) >= 11 is 5.69. The van der Waals surface area contributed by atoms with Gasteiger partial charge in [-0.2, -0.15) is 0 Å². The van der Waals surface area contributed by atoms with Gasteiger partial charge in [-0.3, -0.25) is 14.5 Å². The van der Waals surface area contributed by atoms with Crippen LogP contribution in [0.15, 0.2) is 42.5 Å². The zero-order valence-electron chi connectivity index (χ0n) is 21.8. The lowest BCUT2D eigenvalue weighted by atomic mass is 10.1. The van der Waals surface area contributed by atoms with Gasteiger partial charge in [-0.05, 0) is 61.5 Å². The van der Waals surface area contributed by atoms with Gasteiger partial charge in [0.05, 0.1) is 36.4 Å². The van der Waals surface area contributed by atoms with Crippen LogP contribution in [0, 0.1) is 0 Å². The van der Waals surface area contributed by atoms with Crippen LogP contribution in [0.25, 0.3) is 0 Å². The first-order chi connectivity index (χ1) is 16.9. The Morgan fingerprint density at radius 1 is 1.11 bits per heavy atom. The summed E-state index contributed by atoms with van der Waals surface area (Å²) in [6.45, 7) is 13.7. The number of rotatable bonds is 7. The standard InChI is InChI=1S/C27H35N3O4SSi/c1-17(30-24(31)18-10-7-8-11-19(18)25(30)32)22(16-34-36(5,6)27(2,3)4)29-26(35)28-21-12-9-13-23-20(21)14-15-33-23/h7-13,17,22H,14-16H2,1-6H3,(H2,28,29,35)/t17-,22+/m0/s1. The molecule has 2 aromatic rings. The van der Waals surface area contributed by atoms with Gasteiger partial charge >= 0.3 is 0 Å². The molecule has 2 aromatic carbocycles. The lowest BCUT2D eigenvalue weighted by Gasteiger charge is -2.39. The van der Waals surface area contributed by atoms with Crippen molar-refractivity contribution in [3.8, 4) is 5.75 Å². The van der Waals surface area contributed by atoms with Crippen LogP contribution < -0.4 is 15.4 Å². The van der Waals surface area contributed by atoms with Crippen molar-refractivity contribution >= 4 is 43.1 Å². The minimum atomic E-state index is -2.10. The summed E-state index contributed by atoms with van der Waals surface area (Å²) in [5, 5.41) is 7.07. The Kier molecular flexibility index (Phi) is 7.27. The van der Waals surface area contributed by atoms with E-state index in [0.717, 1.165) is 23.4 Å². The Bertz CT molecular complexity index is 1160. The van der Waals surface area contributed by atoms with Gasteiger partial charge in [0, 0.05) is 17.7 Å². The highest BCUT2D eigenvalue weighted by Gasteiger charge is 2.43. The van der Waals surface area contributed by atoms with E-state index in [1.54, 1.807) is 24.3 Å². The molecule has 2 amide bonds. The van der Waals surface area contributed by atoms with Gasteiger partial charge in [0.2, 0.25) is 0 Å². The van der Waals surface area contributed by atoms with Gasteiger partial charge in [-0.15, -0.1) is 0 Å². The third-order valence-corrected chi connectivity index (χ3v) is 12.3. The second-order valence-electron chi connectivity index (χ2n) is 10.9. The van der Waals surface area contributed by atoms with Crippen LogP contribution in [0.2, 0.25) is 18.1 Å². The molecule has 2 atom stereocenters. The summed E-state index contributed by atoms with van der Waals surface area (Å²) in [5.41, 5.74) is 2.84. The fourth-order valence-electron chi connectivity index (χ4n) is 4.24. The molecule has 4 rings (SSSR count). The Morgan fingerprint density at radius 3 is 2.36 bits per heavy atom. The van der Waals surface area contributed by atoms with Gasteiger partial charge in [0.15, 0.2) is 13.4 Å². The first kappa shape index (κ1) is 26.3. The average molecular weight is 526 g/mol. The van der Waals surface area contributed by atoms with Crippen LogP contribution in [0.4, 0.5) is 5.69 Å². The molecule has 0 saturated carbocycles. The Hall–Kier alpha value is -2.75. The molecule has 0 unspecified atom stereocenters. The van der Waals surface area contributed by atoms with Gasteiger partial charge in [-0.25, -0.2) is 0 Å². The molecule has 0 aromatic heterocycles. The summed E-state index contributed by atoms with van der Waals surface area (Å²) in [5.74, 6) is 0.276. The van der Waals surface area contributed by atoms with E-state index in [1.165, 1.54) is 4.90 Å². The molecule has 0 bridgehead atoms. The van der Waals surface area contributed by atoms with E-state index >= 15 is 0 Å². The highest BCUT2D eigenvalue weighted by Crippen LogP contribution is 2.37. The second-order valence-corrected chi connectivity index (χ2v) is 16.1. The number of nitrogens with zero attached hydrogens (tertiary/aromatic N) is 1. The van der Waals surface area contributed by atoms with E-state index in [2.05, 4.69) is 44.5 Å². The number of imide groups is 1. The number of anilines is 1. The Morgan fingerprint density at radius 2 is 1.75 bits per heavy atom. The highest BCUT2D eigenvalue weighted by molar-refractivity contribution is 7.80. The number of benzene rings is 2. The fourth-order valence-corrected chi connectivity index (χ4v) is 5.53. The third-order valence-electron chi connectivity index (χ3n) is 7.55. The lowest BCUT2D eigenvalue weighted by molar-refractivity contribution is 0.0548. The van der Waals surface area contributed by atoms with E-state index in [-0.39, 0.29) is 16.9 Å². The molecule has 0 radical (unpaired) electrons. The molecule has 2 heterocycles. The first-order valence-corrected chi connectivity index (χ1v) is 15.7. The van der Waals surface area contributed by atoms with Crippen molar-refractivity contribution in [2.75, 3.05) is 18.5 Å². The predicted octanol–water partition coefficient (Wildman–Crippen LogP) is 4.98. The number of hydrogen-bond acceptors (Lipinski definition) is 5. The monoisotopic (exact) mass is 525 g/mol. The van der Waals surface area contributed by atoms with E-state index in [4.69, 9.17) is 21.4 Å². The Labute approximate surface area is 219 Å². The topological polar surface area (TPSA) is 79.9 Å². The van der Waals surface area contributed by atoms with Gasteiger partial charge < -0.3 is 19.8 Å². The molecular formula is C27H35N3O4SSi. The lowest BCUT2D eigenvalue weighted by Crippen LogP contribution is -2.56. The van der Waals surface area contributed by atoms with Crippen molar-refractivity contribution in [3.63, 3.8) is 0 Å². The smallest absolute Gasteiger partial charge is 0.261 e. The van der Waals surface area contributed by atoms with E-state index in [9.17, 15) is 9.59 Å². The molecular weight excluding hydrogens is 490 g/mol. The minimum absolute atomic E-state index is 0.0136. The number of carbonyl (C=O) groups is 2. The summed E-state index contributed by atoms with van der Waals surface area (Å²) < 4.78 is 12.2. The zero-order valence-corrected chi connectivity index (χ0v) is 23.6. The number of nitrogens with one attached hydrogen (secondary N) is 2. The van der Waals surface area contributed by atoms with E-state index in [1.807, 2.05) is 25.1 Å². The number of amides is 2. The molecule has 192 valence electrons. The maximum atomic E-state index is 13.2. The molecule has 0 fully saturated rings. The molecule has 0 saturated heterocycles. The Balaban J connectivity index is 1.56. The van der Waals surface area contributed by atoms with E-state index < -0.39 is 20.4 Å². The first-order valence-electron chi connectivity index (χ1n) is 12.3. The maximum Gasteiger partial charge on any atom is 0.261 e. The largest absolute Gasteiger partial charge is 0.493 e. The van der Waals surface area contributed by atoms with Crippen molar-refractivity contribution in [1.29, 1.82) is 0 Å². The van der Waals surface area contributed by atoms with Crippen LogP contribution in [0.1, 0.15) is 54.0 Å². The van der Waals surface area contributed by atoms with Crippen molar-refractivity contribution in [2.24, 2.45) is 0 Å². The molecule has 2 N–H and O–H groups in total. The fraction of sp³-hybridized carbons (Fsp3) is 0.444. The normalized spacial score (nSPS) is 16.8. The van der Waals surface area contributed by atoms with E-state index in [0.29, 0.717) is 29.5 Å². The summed E-state index contributed by atoms with van der Waals surface area (Å²) in [7, 11) is -2.10. The predicted molar refractivity (Wildman–Crippen MR) is 148 cm³/mol. The minimum Gasteiger partial charge on any atom is -0.493 e. The number of carbonyl (C=O) groups excluding carboxylic acids is 2. The van der Waals surface area contributed by atoms with Crippen molar-refractivity contribution < 1.29 is 18.8 Å². The van der Waals surface area contributed by atoms with Gasteiger partial charge in [-0.1, -0.05) is 39.0 Å². The quantitative estimate of drug-likeness (QED) is 0.300. The van der Waals surface area contributed by atoms with Crippen LogP contribution >= 0.6 is 12.2 Å². The van der Waals surface area contributed by atoms with Crippen molar-refractivity contribution in [3.05, 3.63) is 59.2 Å². The number of hydrogen-bond donors (Lipinski definition) is 2. The number of ether oxygens (including phenoxy) is 1. The molecule has 2 aliphatic rings. The van der Waals surface area contributed by atoms with Crippen LogP contribution in [0.5, 0.6) is 5.75 Å². The van der Waals surface area contributed by atoms with Gasteiger partial charge in [0.1, 0.15) is 5.75 Å². The second kappa shape index (κ2) is 9.95. The molecule has 2 aliphatic heterocycles. The highest BCUT2D eigenvalue weighted by atomic mass is 32.1. The summed E-state index contributed by atoms with van der Waals surface area (Å²) in [6.07, 6.45) is 0.810. The molecule has 0 spiro atoms. The summed E-state index contributed by atoms with van der Waals surface area (Å²) in [6, 6.07) is 11.9. The molecule has 36 heavy (non-hydrogen) atoms. The van der Waals surface area contributed by atoms with Crippen molar-refractivity contribution in [2.45, 2.75) is 64.3 Å². The van der Waals surface area contributed by atoms with Crippen LogP contribution in [-0.4, -0.2) is 55.4 Å². The SMILES string of the molecule is C[C@@H]([C@@H](CO[Si](C)(C)C(C)(C)C)NC(=S)Nc1cccc2c1CCO2)N1C(=O)c2ccccc2C1=O. The zero-order chi connectivity index (χ0) is 26.3. The van der Waals surface area contributed by atoms with Crippen molar-refractivity contribution in [1.82, 2.24) is 10.2 Å². The van der Waals surface area contributed by atoms with Gasteiger partial charge in [0.25, 0.3) is 11.8 Å². The molecule has 7 nitrogen and oxygen atoms in total. The third kappa shape index (κ3) is 5.05. The summed E-state index contributed by atoms with van der Waals surface area (Å²) in [4.78, 5) is 27.7. The molecule has 9 heteroatoms. The van der Waals surface area contributed by atoms with Crippen LogP contribution in [0.3, 0.4) is 0 Å². The number of fused-ring (bicyclic) bond motifs is 2. The average Bonchev–Trinajstić information content (AvgIpc) is 3.39. The molecule has 0 aliphatic carbocycles. The number of thiocarbonyl (C=S) groups is 1. The van der Waals surface area contributed by atoms with Crippen LogP contribution in [-0.2, 0) is 10.8 Å².